The zero-order valence-corrected chi connectivity index (χ0v) is 16.2. The number of tetrazole rings is 1. The van der Waals surface area contributed by atoms with E-state index in [1.54, 1.807) is 11.6 Å². The van der Waals surface area contributed by atoms with Crippen LogP contribution in [0.25, 0.3) is 0 Å². The van der Waals surface area contributed by atoms with Crippen LogP contribution < -0.4 is 10.1 Å². The first-order chi connectivity index (χ1) is 14.2. The molecule has 4 rings (SSSR count). The van der Waals surface area contributed by atoms with Crippen molar-refractivity contribution in [3.05, 3.63) is 77.0 Å². The molecule has 0 amide bonds. The van der Waals surface area contributed by atoms with Gasteiger partial charge in [-0.15, -0.1) is 0 Å². The van der Waals surface area contributed by atoms with Crippen molar-refractivity contribution in [2.24, 2.45) is 0 Å². The Hall–Kier alpha value is -3.68. The quantitative estimate of drug-likeness (QED) is 0.646. The minimum absolute atomic E-state index is 0.283. The summed E-state index contributed by atoms with van der Waals surface area (Å²) in [5, 5.41) is 14.9. The summed E-state index contributed by atoms with van der Waals surface area (Å²) in [7, 11) is 0. The Morgan fingerprint density at radius 3 is 2.79 bits per heavy atom. The first kappa shape index (κ1) is 18.7. The molecule has 0 saturated carbocycles. The third kappa shape index (κ3) is 3.82. The molecule has 0 radical (unpaired) electrons. The van der Waals surface area contributed by atoms with E-state index < -0.39 is 12.0 Å². The number of nitrogens with zero attached hydrogens (tertiary/aromatic N) is 4. The molecule has 3 aromatic rings. The summed E-state index contributed by atoms with van der Waals surface area (Å²) in [6.45, 7) is 4.32. The van der Waals surface area contributed by atoms with Crippen LogP contribution in [0.3, 0.4) is 0 Å². The van der Waals surface area contributed by atoms with Crippen LogP contribution in [-0.2, 0) is 16.1 Å². The Labute approximate surface area is 168 Å². The Kier molecular flexibility index (Phi) is 5.24. The van der Waals surface area contributed by atoms with Crippen LogP contribution in [0.5, 0.6) is 5.75 Å². The Morgan fingerprint density at radius 2 is 2.00 bits per heavy atom. The smallest absolute Gasteiger partial charge is 0.338 e. The lowest BCUT2D eigenvalue weighted by Gasteiger charge is -2.27. The molecule has 1 unspecified atom stereocenters. The van der Waals surface area contributed by atoms with Gasteiger partial charge < -0.3 is 14.8 Å². The molecule has 0 fully saturated rings. The summed E-state index contributed by atoms with van der Waals surface area (Å²) < 4.78 is 12.8. The molecule has 8 nitrogen and oxygen atoms in total. The first-order valence-electron chi connectivity index (χ1n) is 9.37. The minimum Gasteiger partial charge on any atom is -0.489 e. The molecule has 1 atom stereocenters. The number of hydrogen-bond acceptors (Lipinski definition) is 7. The maximum Gasteiger partial charge on any atom is 0.338 e. The van der Waals surface area contributed by atoms with Crippen LogP contribution in [0, 0.1) is 0 Å². The fourth-order valence-electron chi connectivity index (χ4n) is 3.31. The molecule has 1 aromatic heterocycles. The molecule has 29 heavy (non-hydrogen) atoms. The number of aromatic nitrogens is 4. The summed E-state index contributed by atoms with van der Waals surface area (Å²) in [6.07, 6.45) is 0. The number of benzene rings is 2. The highest BCUT2D eigenvalue weighted by Gasteiger charge is 2.35. The van der Waals surface area contributed by atoms with Gasteiger partial charge in [0.25, 0.3) is 0 Å². The number of nitrogens with one attached hydrogen (secondary N) is 1. The second kappa shape index (κ2) is 8.14. The highest BCUT2D eigenvalue weighted by Crippen LogP contribution is 2.36. The van der Waals surface area contributed by atoms with Crippen LogP contribution in [0.2, 0.25) is 0 Å². The summed E-state index contributed by atoms with van der Waals surface area (Å²) in [5.74, 6) is 0.760. The number of carbonyl (C=O) groups excluding carboxylic acids is 1. The molecule has 2 aromatic carbocycles. The average molecular weight is 391 g/mol. The predicted octanol–water partition coefficient (Wildman–Crippen LogP) is 3.10. The second-order valence-electron chi connectivity index (χ2n) is 6.58. The second-order valence-corrected chi connectivity index (χ2v) is 6.58. The highest BCUT2D eigenvalue weighted by atomic mass is 16.5. The fourth-order valence-corrected chi connectivity index (χ4v) is 3.31. The number of fused-ring (bicyclic) bond motifs is 1. The summed E-state index contributed by atoms with van der Waals surface area (Å²) >= 11 is 0. The molecule has 1 aliphatic heterocycles. The zero-order valence-electron chi connectivity index (χ0n) is 16.2. The summed E-state index contributed by atoms with van der Waals surface area (Å²) in [4.78, 5) is 12.7. The number of rotatable bonds is 6. The molecular weight excluding hydrogens is 370 g/mol. The van der Waals surface area contributed by atoms with Gasteiger partial charge in [-0.25, -0.2) is 4.79 Å². The van der Waals surface area contributed by atoms with Gasteiger partial charge in [-0.1, -0.05) is 47.6 Å². The number of hydrogen-bond donors (Lipinski definition) is 1. The van der Waals surface area contributed by atoms with Crippen LogP contribution in [0.4, 0.5) is 5.95 Å². The topological polar surface area (TPSA) is 91.2 Å². The lowest BCUT2D eigenvalue weighted by atomic mass is 9.95. The Bertz CT molecular complexity index is 1050. The van der Waals surface area contributed by atoms with E-state index in [9.17, 15) is 4.79 Å². The molecule has 148 valence electrons. The van der Waals surface area contributed by atoms with Crippen molar-refractivity contribution in [2.75, 3.05) is 11.9 Å². The molecule has 0 spiro atoms. The maximum atomic E-state index is 12.7. The molecule has 1 aliphatic rings. The largest absolute Gasteiger partial charge is 0.489 e. The minimum atomic E-state index is -0.513. The van der Waals surface area contributed by atoms with E-state index in [0.29, 0.717) is 29.6 Å². The average Bonchev–Trinajstić information content (AvgIpc) is 3.20. The van der Waals surface area contributed by atoms with E-state index in [1.807, 2.05) is 61.5 Å². The van der Waals surface area contributed by atoms with Gasteiger partial charge >= 0.3 is 5.97 Å². The number of allylic oxidation sites excluding steroid dienone is 1. The van der Waals surface area contributed by atoms with Crippen LogP contribution in [-0.4, -0.2) is 32.8 Å². The summed E-state index contributed by atoms with van der Waals surface area (Å²) in [5.41, 5.74) is 3.02. The van der Waals surface area contributed by atoms with Crippen molar-refractivity contribution in [3.8, 4) is 5.75 Å². The van der Waals surface area contributed by atoms with Gasteiger partial charge in [-0.2, -0.15) is 4.68 Å². The van der Waals surface area contributed by atoms with Gasteiger partial charge in [0.1, 0.15) is 18.4 Å². The Morgan fingerprint density at radius 1 is 1.17 bits per heavy atom. The van der Waals surface area contributed by atoms with Gasteiger partial charge in [0.15, 0.2) is 0 Å². The molecule has 0 saturated heterocycles. The van der Waals surface area contributed by atoms with Crippen molar-refractivity contribution in [3.63, 3.8) is 0 Å². The van der Waals surface area contributed by atoms with Crippen LogP contribution >= 0.6 is 0 Å². The monoisotopic (exact) mass is 391 g/mol. The number of carbonyl (C=O) groups is 1. The maximum absolute atomic E-state index is 12.7. The van der Waals surface area contributed by atoms with Gasteiger partial charge in [0, 0.05) is 5.70 Å². The lowest BCUT2D eigenvalue weighted by Crippen LogP contribution is -2.29. The number of esters is 1. The standard InChI is InChI=1S/C21H21N5O3/c1-3-28-20(27)18-14(2)22-21-23-24-25-26(21)19(18)16-10-7-11-17(12-16)29-13-15-8-5-4-6-9-15/h4-12,19H,3,13H2,1-2H3,(H,22,23,25). The normalized spacial score (nSPS) is 15.4. The van der Waals surface area contributed by atoms with E-state index in [0.717, 1.165) is 11.1 Å². The molecule has 8 heteroatoms. The van der Waals surface area contributed by atoms with Gasteiger partial charge in [0.2, 0.25) is 5.95 Å². The van der Waals surface area contributed by atoms with E-state index in [1.165, 1.54) is 0 Å². The van der Waals surface area contributed by atoms with E-state index in [4.69, 9.17) is 9.47 Å². The SMILES string of the molecule is CCOC(=O)C1=C(C)Nc2nnnn2C1c1cccc(OCc2ccccc2)c1. The number of anilines is 1. The lowest BCUT2D eigenvalue weighted by molar-refractivity contribution is -0.139. The van der Waals surface area contributed by atoms with E-state index in [-0.39, 0.29) is 6.61 Å². The first-order valence-corrected chi connectivity index (χ1v) is 9.37. The molecule has 0 aliphatic carbocycles. The van der Waals surface area contributed by atoms with Gasteiger partial charge in [-0.05, 0) is 47.5 Å². The Balaban J connectivity index is 1.67. The van der Waals surface area contributed by atoms with Gasteiger partial charge in [-0.3, -0.25) is 0 Å². The van der Waals surface area contributed by atoms with Crippen molar-refractivity contribution >= 4 is 11.9 Å². The number of ether oxygens (including phenoxy) is 2. The molecular formula is C21H21N5O3. The van der Waals surface area contributed by atoms with Crippen molar-refractivity contribution in [2.45, 2.75) is 26.5 Å². The third-order valence-corrected chi connectivity index (χ3v) is 4.63. The van der Waals surface area contributed by atoms with Crippen molar-refractivity contribution in [1.82, 2.24) is 20.2 Å². The fraction of sp³-hybridized carbons (Fsp3) is 0.238. The summed E-state index contributed by atoms with van der Waals surface area (Å²) in [6, 6.07) is 17.0. The molecule has 0 bridgehead atoms. The van der Waals surface area contributed by atoms with Gasteiger partial charge in [0.05, 0.1) is 12.2 Å². The highest BCUT2D eigenvalue weighted by molar-refractivity contribution is 5.92. The predicted molar refractivity (Wildman–Crippen MR) is 106 cm³/mol. The van der Waals surface area contributed by atoms with Crippen LogP contribution in [0.1, 0.15) is 31.0 Å². The van der Waals surface area contributed by atoms with Crippen molar-refractivity contribution < 1.29 is 14.3 Å². The van der Waals surface area contributed by atoms with Crippen molar-refractivity contribution in [1.29, 1.82) is 0 Å². The van der Waals surface area contributed by atoms with Crippen LogP contribution in [0.15, 0.2) is 65.9 Å². The van der Waals surface area contributed by atoms with E-state index in [2.05, 4.69) is 20.8 Å². The zero-order chi connectivity index (χ0) is 20.2. The van der Waals surface area contributed by atoms with E-state index >= 15 is 0 Å². The molecule has 2 heterocycles. The third-order valence-electron chi connectivity index (χ3n) is 4.63. The molecule has 1 N–H and O–H groups in total.